The molecule has 0 fully saturated rings. The lowest BCUT2D eigenvalue weighted by Crippen LogP contribution is -2.42. The Labute approximate surface area is 159 Å². The van der Waals surface area contributed by atoms with Crippen LogP contribution in [-0.2, 0) is 21.1 Å². The molecule has 1 atom stereocenters. The number of unbranched alkanes of at least 4 members (excludes halogenated alkanes) is 1. The maximum absolute atomic E-state index is 12.4. The van der Waals surface area contributed by atoms with Gasteiger partial charge in [0, 0.05) is 12.0 Å². The van der Waals surface area contributed by atoms with Gasteiger partial charge in [-0.15, -0.1) is 0 Å². The summed E-state index contributed by atoms with van der Waals surface area (Å²) in [7, 11) is -3.37. The molecule has 6 nitrogen and oxygen atoms in total. The van der Waals surface area contributed by atoms with Gasteiger partial charge in [0.25, 0.3) is 5.91 Å². The van der Waals surface area contributed by atoms with Crippen LogP contribution in [0.2, 0.25) is 0 Å². The average Bonchev–Trinajstić information content (AvgIpc) is 2.66. The zero-order valence-electron chi connectivity index (χ0n) is 15.1. The smallest absolute Gasteiger partial charge is 0.326 e. The Morgan fingerprint density at radius 1 is 1.04 bits per heavy atom. The average molecular weight is 389 g/mol. The molecule has 0 aliphatic carbocycles. The van der Waals surface area contributed by atoms with Crippen LogP contribution in [0, 0.1) is 0 Å². The van der Waals surface area contributed by atoms with E-state index in [1.165, 1.54) is 24.3 Å². The van der Waals surface area contributed by atoms with Crippen LogP contribution in [-0.4, -0.2) is 37.2 Å². The van der Waals surface area contributed by atoms with E-state index in [-0.39, 0.29) is 22.6 Å². The van der Waals surface area contributed by atoms with Crippen LogP contribution < -0.4 is 5.32 Å². The molecule has 0 unspecified atom stereocenters. The number of hydrogen-bond donors (Lipinski definition) is 2. The molecule has 0 heterocycles. The predicted octanol–water partition coefficient (Wildman–Crippen LogP) is 2.69. The molecule has 0 saturated heterocycles. The Morgan fingerprint density at radius 2 is 1.67 bits per heavy atom. The van der Waals surface area contributed by atoms with Gasteiger partial charge in [0.2, 0.25) is 0 Å². The second-order valence-corrected chi connectivity index (χ2v) is 8.36. The van der Waals surface area contributed by atoms with Crippen molar-refractivity contribution in [1.29, 1.82) is 0 Å². The number of hydrogen-bond acceptors (Lipinski definition) is 4. The van der Waals surface area contributed by atoms with Crippen LogP contribution in [0.15, 0.2) is 59.5 Å². The summed E-state index contributed by atoms with van der Waals surface area (Å²) in [5.41, 5.74) is 1.01. The molecule has 0 spiro atoms. The summed E-state index contributed by atoms with van der Waals surface area (Å²) in [4.78, 5) is 24.0. The molecule has 2 aromatic rings. The van der Waals surface area contributed by atoms with E-state index in [1.807, 2.05) is 13.0 Å². The molecular weight excluding hydrogens is 366 g/mol. The van der Waals surface area contributed by atoms with Gasteiger partial charge in [-0.2, -0.15) is 0 Å². The second kappa shape index (κ2) is 9.32. The first kappa shape index (κ1) is 20.6. The lowest BCUT2D eigenvalue weighted by molar-refractivity contribution is -0.139. The molecule has 2 N–H and O–H groups in total. The van der Waals surface area contributed by atoms with E-state index >= 15 is 0 Å². The van der Waals surface area contributed by atoms with Gasteiger partial charge < -0.3 is 10.4 Å². The normalized spacial score (nSPS) is 12.3. The number of nitrogens with one attached hydrogen (secondary N) is 1. The minimum Gasteiger partial charge on any atom is -0.480 e. The quantitative estimate of drug-likeness (QED) is 0.687. The molecule has 27 heavy (non-hydrogen) atoms. The fraction of sp³-hybridized carbons (Fsp3) is 0.300. The third-order valence-corrected chi connectivity index (χ3v) is 5.94. The van der Waals surface area contributed by atoms with Crippen LogP contribution >= 0.6 is 0 Å². The Morgan fingerprint density at radius 3 is 2.22 bits per heavy atom. The van der Waals surface area contributed by atoms with Gasteiger partial charge in [0.05, 0.1) is 10.6 Å². The number of rotatable bonds is 9. The molecule has 0 aromatic heterocycles. The third-order valence-electron chi connectivity index (χ3n) is 4.13. The van der Waals surface area contributed by atoms with Crippen molar-refractivity contribution in [2.24, 2.45) is 0 Å². The van der Waals surface area contributed by atoms with E-state index in [2.05, 4.69) is 5.32 Å². The molecule has 1 amide bonds. The van der Waals surface area contributed by atoms with E-state index < -0.39 is 27.8 Å². The molecule has 0 radical (unpaired) electrons. The number of sulfone groups is 1. The summed E-state index contributed by atoms with van der Waals surface area (Å²) in [5.74, 6) is -1.63. The number of benzene rings is 2. The fourth-order valence-electron chi connectivity index (χ4n) is 2.56. The van der Waals surface area contributed by atoms with Crippen LogP contribution in [0.1, 0.15) is 35.7 Å². The number of carboxylic acids is 1. The van der Waals surface area contributed by atoms with Gasteiger partial charge in [-0.3, -0.25) is 4.79 Å². The van der Waals surface area contributed by atoms with Crippen molar-refractivity contribution in [2.45, 2.75) is 37.1 Å². The van der Waals surface area contributed by atoms with Crippen molar-refractivity contribution in [2.75, 3.05) is 5.75 Å². The summed E-state index contributed by atoms with van der Waals surface area (Å²) in [6.07, 6.45) is 1.51. The van der Waals surface area contributed by atoms with Crippen LogP contribution in [0.4, 0.5) is 0 Å². The van der Waals surface area contributed by atoms with Crippen molar-refractivity contribution in [3.63, 3.8) is 0 Å². The zero-order chi connectivity index (χ0) is 19.9. The van der Waals surface area contributed by atoms with E-state index in [1.54, 1.807) is 24.3 Å². The molecule has 0 bridgehead atoms. The van der Waals surface area contributed by atoms with Crippen molar-refractivity contribution >= 4 is 21.7 Å². The first-order chi connectivity index (χ1) is 12.8. The maximum atomic E-state index is 12.4. The monoisotopic (exact) mass is 389 g/mol. The molecule has 7 heteroatoms. The summed E-state index contributed by atoms with van der Waals surface area (Å²) in [5, 5.41) is 11.9. The van der Waals surface area contributed by atoms with Gasteiger partial charge in [-0.1, -0.05) is 43.7 Å². The van der Waals surface area contributed by atoms with Crippen molar-refractivity contribution in [3.8, 4) is 0 Å². The Kier molecular flexibility index (Phi) is 7.12. The van der Waals surface area contributed by atoms with Gasteiger partial charge in [-0.25, -0.2) is 13.2 Å². The number of carbonyl (C=O) groups is 2. The Hall–Kier alpha value is -2.67. The molecule has 2 aromatic carbocycles. The standard InChI is InChI=1S/C20H23NO5S/c1-2-3-13-27(25,26)17-11-9-16(10-12-17)19(22)21-18(20(23)24)14-15-7-5-4-6-8-15/h4-12,18H,2-3,13-14H2,1H3,(H,21,22)(H,23,24)/t18-/m1/s1. The highest BCUT2D eigenvalue weighted by Crippen LogP contribution is 2.14. The van der Waals surface area contributed by atoms with Gasteiger partial charge in [-0.05, 0) is 36.2 Å². The summed E-state index contributed by atoms with van der Waals surface area (Å²) in [6, 6.07) is 13.5. The van der Waals surface area contributed by atoms with Crippen molar-refractivity contribution < 1.29 is 23.1 Å². The largest absolute Gasteiger partial charge is 0.480 e. The molecule has 0 saturated carbocycles. The second-order valence-electron chi connectivity index (χ2n) is 6.25. The highest BCUT2D eigenvalue weighted by molar-refractivity contribution is 7.91. The van der Waals surface area contributed by atoms with Gasteiger partial charge >= 0.3 is 5.97 Å². The highest BCUT2D eigenvalue weighted by atomic mass is 32.2. The van der Waals surface area contributed by atoms with Gasteiger partial charge in [0.15, 0.2) is 9.84 Å². The van der Waals surface area contributed by atoms with E-state index in [0.29, 0.717) is 6.42 Å². The summed E-state index contributed by atoms with van der Waals surface area (Å²) >= 11 is 0. The Balaban J connectivity index is 2.08. The van der Waals surface area contributed by atoms with Crippen molar-refractivity contribution in [3.05, 3.63) is 65.7 Å². The van der Waals surface area contributed by atoms with E-state index in [0.717, 1.165) is 12.0 Å². The lowest BCUT2D eigenvalue weighted by Gasteiger charge is -2.15. The predicted molar refractivity (Wildman–Crippen MR) is 102 cm³/mol. The van der Waals surface area contributed by atoms with Crippen LogP contribution in [0.3, 0.4) is 0 Å². The summed E-state index contributed by atoms with van der Waals surface area (Å²) in [6.45, 7) is 1.91. The molecule has 144 valence electrons. The summed E-state index contributed by atoms with van der Waals surface area (Å²) < 4.78 is 24.3. The molecule has 0 aliphatic heterocycles. The third kappa shape index (κ3) is 5.92. The first-order valence-electron chi connectivity index (χ1n) is 8.74. The SMILES string of the molecule is CCCCS(=O)(=O)c1ccc(C(=O)N[C@H](Cc2ccccc2)C(=O)O)cc1. The lowest BCUT2D eigenvalue weighted by atomic mass is 10.1. The topological polar surface area (TPSA) is 101 Å². The van der Waals surface area contributed by atoms with Crippen molar-refractivity contribution in [1.82, 2.24) is 5.32 Å². The highest BCUT2D eigenvalue weighted by Gasteiger charge is 2.21. The number of aliphatic carboxylic acids is 1. The van der Waals surface area contributed by atoms with Crippen LogP contribution in [0.25, 0.3) is 0 Å². The van der Waals surface area contributed by atoms with Crippen LogP contribution in [0.5, 0.6) is 0 Å². The number of carboxylic acid groups (broad SMARTS) is 1. The number of carbonyl (C=O) groups excluding carboxylic acids is 1. The zero-order valence-corrected chi connectivity index (χ0v) is 15.9. The molecule has 0 aliphatic rings. The van der Waals surface area contributed by atoms with E-state index in [9.17, 15) is 23.1 Å². The van der Waals surface area contributed by atoms with Gasteiger partial charge in [0.1, 0.15) is 6.04 Å². The van der Waals surface area contributed by atoms with E-state index in [4.69, 9.17) is 0 Å². The minimum atomic E-state index is -3.37. The molecule has 2 rings (SSSR count). The Bertz CT molecular complexity index is 876. The first-order valence-corrected chi connectivity index (χ1v) is 10.4. The number of amides is 1. The fourth-order valence-corrected chi connectivity index (χ4v) is 4.01. The maximum Gasteiger partial charge on any atom is 0.326 e. The molecular formula is C20H23NO5S. The minimum absolute atomic E-state index is 0.0627.